The maximum absolute atomic E-state index is 11.5. The van der Waals surface area contributed by atoms with Crippen molar-refractivity contribution < 1.29 is 9.53 Å². The smallest absolute Gasteiger partial charge is 0.338 e. The highest BCUT2D eigenvalue weighted by atomic mass is 16.5. The molecule has 0 saturated heterocycles. The zero-order valence-corrected chi connectivity index (χ0v) is 10.7. The third kappa shape index (κ3) is 3.86. The Bertz CT molecular complexity index is 576. The molecule has 0 spiro atoms. The van der Waals surface area contributed by atoms with Crippen LogP contribution in [0.25, 0.3) is 0 Å². The normalized spacial score (nSPS) is 8.84. The van der Waals surface area contributed by atoms with Gasteiger partial charge < -0.3 is 10.1 Å². The summed E-state index contributed by atoms with van der Waals surface area (Å²) in [6, 6.07) is 8.51. The maximum Gasteiger partial charge on any atom is 0.338 e. The van der Waals surface area contributed by atoms with Crippen LogP contribution in [0, 0.1) is 29.6 Å². The van der Waals surface area contributed by atoms with Crippen molar-refractivity contribution in [2.45, 2.75) is 13.8 Å². The van der Waals surface area contributed by atoms with E-state index in [1.165, 1.54) is 6.20 Å². The van der Waals surface area contributed by atoms with Gasteiger partial charge in [0, 0.05) is 11.9 Å². The lowest BCUT2D eigenvalue weighted by Gasteiger charge is -2.08. The van der Waals surface area contributed by atoms with Crippen molar-refractivity contribution in [2.75, 3.05) is 11.9 Å². The molecule has 1 rings (SSSR count). The molecule has 5 nitrogen and oxygen atoms in total. The molecular formula is C14H13N3O2. The Kier molecular flexibility index (Phi) is 5.13. The number of nitrogens with zero attached hydrogens (tertiary/aromatic N) is 2. The first-order valence-electron chi connectivity index (χ1n) is 5.67. The topological polar surface area (TPSA) is 85.9 Å². The number of nitrogens with one attached hydrogen (secondary N) is 1. The van der Waals surface area contributed by atoms with Gasteiger partial charge in [-0.3, -0.25) is 0 Å². The minimum absolute atomic E-state index is 0.0196. The van der Waals surface area contributed by atoms with Crippen LogP contribution < -0.4 is 5.32 Å². The Morgan fingerprint density at radius 1 is 1.42 bits per heavy atom. The number of allylic oxidation sites excluding steroid dienone is 1. The van der Waals surface area contributed by atoms with Crippen LogP contribution in [0.3, 0.4) is 0 Å². The summed E-state index contributed by atoms with van der Waals surface area (Å²) in [7, 11) is 0. The number of benzene rings is 1. The monoisotopic (exact) mass is 255 g/mol. The summed E-state index contributed by atoms with van der Waals surface area (Å²) in [6.45, 7) is 3.89. The third-order valence-electron chi connectivity index (χ3n) is 2.35. The zero-order valence-electron chi connectivity index (χ0n) is 10.7. The molecule has 0 heterocycles. The van der Waals surface area contributed by atoms with Crippen LogP contribution in [0.5, 0.6) is 0 Å². The first kappa shape index (κ1) is 14.3. The van der Waals surface area contributed by atoms with Crippen LogP contribution >= 0.6 is 0 Å². The SMILES string of the molecule is CCOC(=O)c1ccc(NC=C(C#N)C#N)c(C)c1. The van der Waals surface area contributed by atoms with Gasteiger partial charge in [-0.15, -0.1) is 0 Å². The molecule has 0 fully saturated rings. The molecule has 0 amide bonds. The summed E-state index contributed by atoms with van der Waals surface area (Å²) < 4.78 is 4.90. The average molecular weight is 255 g/mol. The molecule has 0 aliphatic heterocycles. The molecule has 0 bridgehead atoms. The molecule has 19 heavy (non-hydrogen) atoms. The minimum Gasteiger partial charge on any atom is -0.462 e. The Hall–Kier alpha value is -2.79. The van der Waals surface area contributed by atoms with Crippen LogP contribution in [-0.2, 0) is 4.74 Å². The van der Waals surface area contributed by atoms with E-state index in [2.05, 4.69) is 5.32 Å². The lowest BCUT2D eigenvalue weighted by atomic mass is 10.1. The largest absolute Gasteiger partial charge is 0.462 e. The second-order valence-corrected chi connectivity index (χ2v) is 3.68. The fourth-order valence-electron chi connectivity index (χ4n) is 1.41. The third-order valence-corrected chi connectivity index (χ3v) is 2.35. The Morgan fingerprint density at radius 3 is 2.63 bits per heavy atom. The van der Waals surface area contributed by atoms with Gasteiger partial charge in [-0.1, -0.05) is 0 Å². The van der Waals surface area contributed by atoms with Gasteiger partial charge in [0.25, 0.3) is 0 Å². The maximum atomic E-state index is 11.5. The van der Waals surface area contributed by atoms with Crippen molar-refractivity contribution >= 4 is 11.7 Å². The Labute approximate surface area is 111 Å². The van der Waals surface area contributed by atoms with Crippen molar-refractivity contribution in [1.82, 2.24) is 0 Å². The number of ether oxygens (including phenoxy) is 1. The van der Waals surface area contributed by atoms with E-state index in [1.807, 2.05) is 6.92 Å². The molecule has 1 N–H and O–H groups in total. The molecule has 0 saturated carbocycles. The van der Waals surface area contributed by atoms with E-state index in [1.54, 1.807) is 37.3 Å². The zero-order chi connectivity index (χ0) is 14.3. The van der Waals surface area contributed by atoms with Gasteiger partial charge in [-0.2, -0.15) is 10.5 Å². The molecule has 5 heteroatoms. The fraction of sp³-hybridized carbons (Fsp3) is 0.214. The second-order valence-electron chi connectivity index (χ2n) is 3.68. The van der Waals surface area contributed by atoms with Gasteiger partial charge in [-0.25, -0.2) is 4.79 Å². The highest BCUT2D eigenvalue weighted by Crippen LogP contribution is 2.17. The summed E-state index contributed by atoms with van der Waals surface area (Å²) in [5.74, 6) is -0.373. The van der Waals surface area contributed by atoms with E-state index in [0.29, 0.717) is 12.2 Å². The number of anilines is 1. The molecule has 0 aliphatic carbocycles. The van der Waals surface area contributed by atoms with Crippen LogP contribution in [0.4, 0.5) is 5.69 Å². The fourth-order valence-corrected chi connectivity index (χ4v) is 1.41. The average Bonchev–Trinajstić information content (AvgIpc) is 2.41. The van der Waals surface area contributed by atoms with Gasteiger partial charge in [0.1, 0.15) is 17.7 Å². The van der Waals surface area contributed by atoms with E-state index in [9.17, 15) is 4.79 Å². The predicted molar refractivity (Wildman–Crippen MR) is 70.1 cm³/mol. The standard InChI is InChI=1S/C14H13N3O2/c1-3-19-14(18)12-4-5-13(10(2)6-12)17-9-11(7-15)8-16/h4-6,9,17H,3H2,1-2H3. The summed E-state index contributed by atoms with van der Waals surface area (Å²) >= 11 is 0. The summed E-state index contributed by atoms with van der Waals surface area (Å²) in [5.41, 5.74) is 1.98. The molecule has 0 radical (unpaired) electrons. The molecule has 1 aromatic rings. The molecule has 0 aromatic heterocycles. The number of carbonyl (C=O) groups excluding carboxylic acids is 1. The van der Waals surface area contributed by atoms with Gasteiger partial charge in [0.05, 0.1) is 12.2 Å². The van der Waals surface area contributed by atoms with Gasteiger partial charge in [-0.05, 0) is 37.6 Å². The van der Waals surface area contributed by atoms with E-state index < -0.39 is 0 Å². The van der Waals surface area contributed by atoms with E-state index in [-0.39, 0.29) is 11.5 Å². The van der Waals surface area contributed by atoms with Crippen molar-refractivity contribution in [3.63, 3.8) is 0 Å². The molecular weight excluding hydrogens is 242 g/mol. The first-order chi connectivity index (χ1) is 9.12. The molecule has 0 atom stereocenters. The highest BCUT2D eigenvalue weighted by molar-refractivity contribution is 5.90. The summed E-state index contributed by atoms with van der Waals surface area (Å²) in [4.78, 5) is 11.5. The quantitative estimate of drug-likeness (QED) is 0.660. The molecule has 1 aromatic carbocycles. The molecule has 0 unspecified atom stereocenters. The van der Waals surface area contributed by atoms with Crippen molar-refractivity contribution in [1.29, 1.82) is 10.5 Å². The number of aryl methyl sites for hydroxylation is 1. The number of nitriles is 2. The van der Waals surface area contributed by atoms with Crippen molar-refractivity contribution in [3.05, 3.63) is 41.1 Å². The van der Waals surface area contributed by atoms with Gasteiger partial charge >= 0.3 is 5.97 Å². The van der Waals surface area contributed by atoms with E-state index in [0.717, 1.165) is 11.3 Å². The van der Waals surface area contributed by atoms with Crippen molar-refractivity contribution in [2.24, 2.45) is 0 Å². The van der Waals surface area contributed by atoms with Crippen LogP contribution in [-0.4, -0.2) is 12.6 Å². The minimum atomic E-state index is -0.373. The Morgan fingerprint density at radius 2 is 2.11 bits per heavy atom. The number of hydrogen-bond donors (Lipinski definition) is 1. The van der Waals surface area contributed by atoms with Crippen LogP contribution in [0.2, 0.25) is 0 Å². The van der Waals surface area contributed by atoms with Crippen molar-refractivity contribution in [3.8, 4) is 12.1 Å². The Balaban J connectivity index is 2.91. The summed E-state index contributed by atoms with van der Waals surface area (Å²) in [5, 5.41) is 20.1. The van der Waals surface area contributed by atoms with Crippen LogP contribution in [0.15, 0.2) is 30.0 Å². The second kappa shape index (κ2) is 6.83. The van der Waals surface area contributed by atoms with Crippen LogP contribution in [0.1, 0.15) is 22.8 Å². The van der Waals surface area contributed by atoms with Gasteiger partial charge in [0.15, 0.2) is 0 Å². The first-order valence-corrected chi connectivity index (χ1v) is 5.67. The number of hydrogen-bond acceptors (Lipinski definition) is 5. The molecule has 0 aliphatic rings. The number of carbonyl (C=O) groups is 1. The summed E-state index contributed by atoms with van der Waals surface area (Å²) in [6.07, 6.45) is 1.33. The van der Waals surface area contributed by atoms with E-state index >= 15 is 0 Å². The lowest BCUT2D eigenvalue weighted by molar-refractivity contribution is 0.0526. The predicted octanol–water partition coefficient (Wildman–Crippen LogP) is 2.51. The number of rotatable bonds is 4. The van der Waals surface area contributed by atoms with E-state index in [4.69, 9.17) is 15.3 Å². The highest BCUT2D eigenvalue weighted by Gasteiger charge is 2.07. The van der Waals surface area contributed by atoms with Gasteiger partial charge in [0.2, 0.25) is 0 Å². The lowest BCUT2D eigenvalue weighted by Crippen LogP contribution is -2.05. The number of esters is 1. The molecule has 96 valence electrons.